The summed E-state index contributed by atoms with van der Waals surface area (Å²) >= 11 is 1.43. The van der Waals surface area contributed by atoms with Gasteiger partial charge in [0.05, 0.1) is 16.6 Å². The Bertz CT molecular complexity index is 953. The number of hydrogen-bond acceptors (Lipinski definition) is 4. The van der Waals surface area contributed by atoms with Crippen LogP contribution in [0.25, 0.3) is 10.2 Å². The van der Waals surface area contributed by atoms with E-state index in [0.29, 0.717) is 18.0 Å². The van der Waals surface area contributed by atoms with Crippen molar-refractivity contribution >= 4 is 38.5 Å². The Kier molecular flexibility index (Phi) is 6.76. The van der Waals surface area contributed by atoms with E-state index in [4.69, 9.17) is 0 Å². The average Bonchev–Trinajstić information content (AvgIpc) is 3.08. The Morgan fingerprint density at radius 1 is 1.07 bits per heavy atom. The number of thiazole rings is 1. The fourth-order valence-corrected chi connectivity index (χ4v) is 3.90. The lowest BCUT2D eigenvalue weighted by molar-refractivity contribution is -0.121. The number of nitrogens with zero attached hydrogens (tertiary/aromatic N) is 1. The lowest BCUT2D eigenvalue weighted by Gasteiger charge is -2.14. The zero-order valence-corrected chi connectivity index (χ0v) is 17.0. The molecule has 2 amide bonds. The molecule has 1 aromatic heterocycles. The number of aryl methyl sites for hydroxylation is 1. The molecule has 0 aliphatic heterocycles. The fraction of sp³-hybridized carbons (Fsp3) is 0.318. The summed E-state index contributed by atoms with van der Waals surface area (Å²) in [7, 11) is 0. The third-order valence-electron chi connectivity index (χ3n) is 4.50. The predicted octanol–water partition coefficient (Wildman–Crippen LogP) is 4.32. The molecule has 0 saturated heterocycles. The molecule has 6 heteroatoms. The molecule has 0 bridgehead atoms. The second-order valence-corrected chi connectivity index (χ2v) is 7.92. The van der Waals surface area contributed by atoms with Gasteiger partial charge in [-0.2, -0.15) is 0 Å². The Balaban J connectivity index is 1.54. The molecule has 146 valence electrons. The van der Waals surface area contributed by atoms with E-state index in [1.54, 1.807) is 6.92 Å². The van der Waals surface area contributed by atoms with E-state index in [1.807, 2.05) is 43.3 Å². The molecule has 0 aliphatic carbocycles. The maximum Gasteiger partial charge on any atom is 0.225 e. The Morgan fingerprint density at radius 3 is 2.61 bits per heavy atom. The summed E-state index contributed by atoms with van der Waals surface area (Å²) in [5.74, 6) is -0.0351. The molecule has 0 saturated carbocycles. The number of carbonyl (C=O) groups is 2. The minimum absolute atomic E-state index is 0.0175. The molecule has 0 radical (unpaired) electrons. The number of amides is 2. The first-order valence-corrected chi connectivity index (χ1v) is 10.4. The SMILES string of the molecule is CCC(=O)Nc1nc2ccc(CC(=O)N[C@@H](C)CCc3ccccc3)cc2s1. The molecule has 0 spiro atoms. The third-order valence-corrected chi connectivity index (χ3v) is 5.43. The van der Waals surface area contributed by atoms with Crippen molar-refractivity contribution in [1.29, 1.82) is 0 Å². The Morgan fingerprint density at radius 2 is 1.86 bits per heavy atom. The van der Waals surface area contributed by atoms with Crippen LogP contribution in [0.3, 0.4) is 0 Å². The predicted molar refractivity (Wildman–Crippen MR) is 115 cm³/mol. The van der Waals surface area contributed by atoms with Crippen LogP contribution in [0.2, 0.25) is 0 Å². The molecule has 0 unspecified atom stereocenters. The number of aromatic nitrogens is 1. The number of rotatable bonds is 8. The van der Waals surface area contributed by atoms with E-state index in [0.717, 1.165) is 28.6 Å². The van der Waals surface area contributed by atoms with Crippen LogP contribution in [-0.2, 0) is 22.4 Å². The van der Waals surface area contributed by atoms with E-state index < -0.39 is 0 Å². The van der Waals surface area contributed by atoms with E-state index in [-0.39, 0.29) is 17.9 Å². The van der Waals surface area contributed by atoms with Crippen LogP contribution in [0.4, 0.5) is 5.13 Å². The number of hydrogen-bond donors (Lipinski definition) is 2. The van der Waals surface area contributed by atoms with Gasteiger partial charge in [0.25, 0.3) is 0 Å². The Labute approximate surface area is 169 Å². The van der Waals surface area contributed by atoms with Gasteiger partial charge in [-0.25, -0.2) is 4.98 Å². The highest BCUT2D eigenvalue weighted by Crippen LogP contribution is 2.27. The second kappa shape index (κ2) is 9.46. The maximum absolute atomic E-state index is 12.4. The summed E-state index contributed by atoms with van der Waals surface area (Å²) in [5, 5.41) is 6.46. The monoisotopic (exact) mass is 395 g/mol. The molecule has 2 N–H and O–H groups in total. The molecule has 3 aromatic rings. The van der Waals surface area contributed by atoms with Crippen LogP contribution < -0.4 is 10.6 Å². The molecule has 1 heterocycles. The van der Waals surface area contributed by atoms with Gasteiger partial charge >= 0.3 is 0 Å². The van der Waals surface area contributed by atoms with Crippen molar-refractivity contribution in [2.45, 2.75) is 45.6 Å². The van der Waals surface area contributed by atoms with Crippen LogP contribution in [-0.4, -0.2) is 22.8 Å². The van der Waals surface area contributed by atoms with Crippen molar-refractivity contribution in [2.75, 3.05) is 5.32 Å². The minimum Gasteiger partial charge on any atom is -0.353 e. The zero-order chi connectivity index (χ0) is 19.9. The van der Waals surface area contributed by atoms with Gasteiger partial charge in [0.1, 0.15) is 0 Å². The maximum atomic E-state index is 12.4. The molecule has 28 heavy (non-hydrogen) atoms. The first-order chi connectivity index (χ1) is 13.5. The number of anilines is 1. The highest BCUT2D eigenvalue weighted by atomic mass is 32.1. The largest absolute Gasteiger partial charge is 0.353 e. The normalized spacial score (nSPS) is 11.9. The van der Waals surface area contributed by atoms with E-state index >= 15 is 0 Å². The van der Waals surface area contributed by atoms with Gasteiger partial charge in [-0.05, 0) is 43.0 Å². The van der Waals surface area contributed by atoms with Gasteiger partial charge in [0.2, 0.25) is 11.8 Å². The van der Waals surface area contributed by atoms with Crippen molar-refractivity contribution in [3.8, 4) is 0 Å². The fourth-order valence-electron chi connectivity index (χ4n) is 2.95. The molecule has 0 aliphatic rings. The van der Waals surface area contributed by atoms with Gasteiger partial charge in [-0.15, -0.1) is 0 Å². The molecule has 5 nitrogen and oxygen atoms in total. The Hall–Kier alpha value is -2.73. The van der Waals surface area contributed by atoms with Crippen LogP contribution in [0.15, 0.2) is 48.5 Å². The average molecular weight is 396 g/mol. The molecular weight excluding hydrogens is 370 g/mol. The summed E-state index contributed by atoms with van der Waals surface area (Å²) < 4.78 is 0.967. The first kappa shape index (κ1) is 20.0. The number of nitrogens with one attached hydrogen (secondary N) is 2. The van der Waals surface area contributed by atoms with Crippen molar-refractivity contribution < 1.29 is 9.59 Å². The second-order valence-electron chi connectivity index (χ2n) is 6.89. The molecule has 0 fully saturated rings. The van der Waals surface area contributed by atoms with Crippen LogP contribution >= 0.6 is 11.3 Å². The van der Waals surface area contributed by atoms with Crippen LogP contribution in [0.1, 0.15) is 37.8 Å². The van der Waals surface area contributed by atoms with Crippen molar-refractivity contribution in [1.82, 2.24) is 10.3 Å². The van der Waals surface area contributed by atoms with Gasteiger partial charge in [-0.3, -0.25) is 9.59 Å². The third kappa shape index (κ3) is 5.63. The van der Waals surface area contributed by atoms with Crippen molar-refractivity contribution in [3.05, 3.63) is 59.7 Å². The van der Waals surface area contributed by atoms with Gasteiger partial charge < -0.3 is 10.6 Å². The molecule has 2 aromatic carbocycles. The van der Waals surface area contributed by atoms with Crippen molar-refractivity contribution in [3.63, 3.8) is 0 Å². The molecule has 1 atom stereocenters. The number of benzene rings is 2. The smallest absolute Gasteiger partial charge is 0.225 e. The minimum atomic E-state index is -0.0526. The summed E-state index contributed by atoms with van der Waals surface area (Å²) in [5.41, 5.74) is 3.05. The van der Waals surface area contributed by atoms with Gasteiger partial charge in [0.15, 0.2) is 5.13 Å². The van der Waals surface area contributed by atoms with Gasteiger partial charge in [-0.1, -0.05) is 54.7 Å². The van der Waals surface area contributed by atoms with Crippen molar-refractivity contribution in [2.24, 2.45) is 0 Å². The molecular formula is C22H25N3O2S. The summed E-state index contributed by atoms with van der Waals surface area (Å²) in [6, 6.07) is 16.2. The first-order valence-electron chi connectivity index (χ1n) is 9.56. The molecule has 3 rings (SSSR count). The highest BCUT2D eigenvalue weighted by molar-refractivity contribution is 7.22. The number of carbonyl (C=O) groups excluding carboxylic acids is 2. The summed E-state index contributed by atoms with van der Waals surface area (Å²) in [4.78, 5) is 28.3. The van der Waals surface area contributed by atoms with E-state index in [2.05, 4.69) is 27.8 Å². The summed E-state index contributed by atoms with van der Waals surface area (Å²) in [6.45, 7) is 3.84. The van der Waals surface area contributed by atoms with Gasteiger partial charge in [0, 0.05) is 12.5 Å². The topological polar surface area (TPSA) is 71.1 Å². The lowest BCUT2D eigenvalue weighted by atomic mass is 10.1. The van der Waals surface area contributed by atoms with E-state index in [9.17, 15) is 9.59 Å². The van der Waals surface area contributed by atoms with Crippen LogP contribution in [0.5, 0.6) is 0 Å². The van der Waals surface area contributed by atoms with E-state index in [1.165, 1.54) is 16.9 Å². The standard InChI is InChI=1S/C22H25N3O2S/c1-3-20(26)25-22-24-18-12-11-17(13-19(18)28-22)14-21(27)23-15(2)9-10-16-7-5-4-6-8-16/h4-8,11-13,15H,3,9-10,14H2,1-2H3,(H,23,27)(H,24,25,26)/t15-/m0/s1. The quantitative estimate of drug-likeness (QED) is 0.596. The zero-order valence-electron chi connectivity index (χ0n) is 16.2. The van der Waals surface area contributed by atoms with Crippen LogP contribution in [0, 0.1) is 0 Å². The highest BCUT2D eigenvalue weighted by Gasteiger charge is 2.11. The lowest BCUT2D eigenvalue weighted by Crippen LogP contribution is -2.34. The number of fused-ring (bicyclic) bond motifs is 1. The summed E-state index contributed by atoms with van der Waals surface area (Å²) in [6.07, 6.45) is 2.61.